The fraction of sp³-hybridized carbons (Fsp3) is 0.357. The first-order valence-corrected chi connectivity index (χ1v) is 5.93. The molecule has 2 rings (SSSR count). The van der Waals surface area contributed by atoms with E-state index in [0.29, 0.717) is 25.1 Å². The Morgan fingerprint density at radius 1 is 1.44 bits per heavy atom. The molecule has 0 aromatic heterocycles. The molecule has 1 aromatic rings. The zero-order valence-electron chi connectivity index (χ0n) is 10.6. The first-order valence-electron chi connectivity index (χ1n) is 5.93. The van der Waals surface area contributed by atoms with Crippen molar-refractivity contribution in [3.63, 3.8) is 0 Å². The number of aryl methyl sites for hydroxylation is 1. The Bertz CT molecular complexity index is 494. The number of hydrogen-bond acceptors (Lipinski definition) is 3. The summed E-state index contributed by atoms with van der Waals surface area (Å²) in [5.74, 6) is 0.0126. The Labute approximate surface area is 106 Å². The normalized spacial score (nSPS) is 15.2. The second-order valence-electron chi connectivity index (χ2n) is 4.41. The molecule has 1 N–H and O–H groups in total. The number of anilines is 1. The van der Waals surface area contributed by atoms with E-state index < -0.39 is 5.97 Å². The molecule has 1 aliphatic rings. The average molecular weight is 247 g/mol. The number of benzene rings is 1. The van der Waals surface area contributed by atoms with Crippen molar-refractivity contribution in [2.24, 2.45) is 0 Å². The third-order valence-electron chi connectivity index (χ3n) is 3.16. The lowest BCUT2D eigenvalue weighted by Gasteiger charge is -2.29. The Hall–Kier alpha value is -1.97. The van der Waals surface area contributed by atoms with Gasteiger partial charge in [0.25, 0.3) is 0 Å². The number of carboxylic acids is 1. The van der Waals surface area contributed by atoms with Gasteiger partial charge in [-0.15, -0.1) is 0 Å². The molecule has 0 fully saturated rings. The van der Waals surface area contributed by atoms with E-state index in [1.807, 2.05) is 19.1 Å². The van der Waals surface area contributed by atoms with Crippen LogP contribution >= 0.6 is 0 Å². The maximum Gasteiger partial charge on any atom is 0.331 e. The summed E-state index contributed by atoms with van der Waals surface area (Å²) in [6.07, 6.45) is 2.33. The second-order valence-corrected chi connectivity index (χ2v) is 4.41. The zero-order chi connectivity index (χ0) is 13.1. The van der Waals surface area contributed by atoms with Crippen LogP contribution in [0.15, 0.2) is 29.8 Å². The van der Waals surface area contributed by atoms with Crippen molar-refractivity contribution < 1.29 is 14.6 Å². The molecule has 0 saturated carbocycles. The first-order chi connectivity index (χ1) is 8.61. The molecule has 1 aliphatic heterocycles. The number of rotatable bonds is 3. The van der Waals surface area contributed by atoms with Gasteiger partial charge >= 0.3 is 5.97 Å². The number of methoxy groups -OCH3 is 1. The molecule has 0 saturated heterocycles. The first kappa shape index (κ1) is 12.5. The van der Waals surface area contributed by atoms with E-state index in [1.54, 1.807) is 13.2 Å². The van der Waals surface area contributed by atoms with Gasteiger partial charge in [-0.25, -0.2) is 4.79 Å². The summed E-state index contributed by atoms with van der Waals surface area (Å²) < 4.78 is 5.35. The molecule has 0 spiro atoms. The fourth-order valence-corrected chi connectivity index (χ4v) is 2.13. The van der Waals surface area contributed by atoms with Gasteiger partial charge < -0.3 is 14.7 Å². The maximum absolute atomic E-state index is 10.9. The summed E-state index contributed by atoms with van der Waals surface area (Å²) in [6, 6.07) is 6.02. The predicted octanol–water partition coefficient (Wildman–Crippen LogP) is 2.22. The Morgan fingerprint density at radius 2 is 2.22 bits per heavy atom. The second kappa shape index (κ2) is 5.12. The molecule has 4 nitrogen and oxygen atoms in total. The molecule has 0 bridgehead atoms. The summed E-state index contributed by atoms with van der Waals surface area (Å²) in [5.41, 5.74) is 2.69. The van der Waals surface area contributed by atoms with Gasteiger partial charge in [-0.05, 0) is 31.0 Å². The summed E-state index contributed by atoms with van der Waals surface area (Å²) in [4.78, 5) is 13.0. The van der Waals surface area contributed by atoms with Crippen LogP contribution in [0.1, 0.15) is 12.0 Å². The number of carboxylic acid groups (broad SMARTS) is 1. The van der Waals surface area contributed by atoms with Crippen molar-refractivity contribution >= 4 is 11.7 Å². The molecule has 4 heteroatoms. The Kier molecular flexibility index (Phi) is 3.55. The van der Waals surface area contributed by atoms with E-state index in [4.69, 9.17) is 9.84 Å². The van der Waals surface area contributed by atoms with Gasteiger partial charge in [0.1, 0.15) is 5.75 Å². The largest absolute Gasteiger partial charge is 0.495 e. The van der Waals surface area contributed by atoms with E-state index in [9.17, 15) is 4.79 Å². The summed E-state index contributed by atoms with van der Waals surface area (Å²) in [5, 5.41) is 8.93. The van der Waals surface area contributed by atoms with Crippen molar-refractivity contribution in [1.82, 2.24) is 0 Å². The molecular formula is C14H17NO3. The molecule has 0 unspecified atom stereocenters. The van der Waals surface area contributed by atoms with Crippen LogP contribution in [0.3, 0.4) is 0 Å². The average Bonchev–Trinajstić information content (AvgIpc) is 2.39. The third kappa shape index (κ3) is 2.47. The van der Waals surface area contributed by atoms with Gasteiger partial charge in [-0.1, -0.05) is 12.1 Å². The summed E-state index contributed by atoms with van der Waals surface area (Å²) in [7, 11) is 1.65. The van der Waals surface area contributed by atoms with Crippen LogP contribution in [0.5, 0.6) is 5.75 Å². The van der Waals surface area contributed by atoms with Crippen LogP contribution in [-0.2, 0) is 4.79 Å². The van der Waals surface area contributed by atoms with E-state index in [0.717, 1.165) is 11.4 Å². The highest BCUT2D eigenvalue weighted by molar-refractivity contribution is 5.87. The number of carbonyl (C=O) groups is 1. The van der Waals surface area contributed by atoms with Crippen LogP contribution in [0.4, 0.5) is 5.69 Å². The monoisotopic (exact) mass is 247 g/mol. The fourth-order valence-electron chi connectivity index (χ4n) is 2.13. The molecule has 1 heterocycles. The van der Waals surface area contributed by atoms with Crippen LogP contribution in [0.2, 0.25) is 0 Å². The zero-order valence-corrected chi connectivity index (χ0v) is 10.6. The van der Waals surface area contributed by atoms with Crippen molar-refractivity contribution in [2.45, 2.75) is 13.3 Å². The van der Waals surface area contributed by atoms with E-state index in [1.165, 1.54) is 5.56 Å². The lowest BCUT2D eigenvalue weighted by atomic mass is 10.1. The summed E-state index contributed by atoms with van der Waals surface area (Å²) >= 11 is 0. The van der Waals surface area contributed by atoms with Crippen molar-refractivity contribution in [2.75, 3.05) is 25.1 Å². The summed E-state index contributed by atoms with van der Waals surface area (Å²) in [6.45, 7) is 3.35. The topological polar surface area (TPSA) is 49.8 Å². The lowest BCUT2D eigenvalue weighted by molar-refractivity contribution is -0.132. The van der Waals surface area contributed by atoms with Gasteiger partial charge in [-0.3, -0.25) is 0 Å². The molecule has 0 amide bonds. The van der Waals surface area contributed by atoms with Crippen LogP contribution < -0.4 is 9.64 Å². The highest BCUT2D eigenvalue weighted by Crippen LogP contribution is 2.31. The molecule has 96 valence electrons. The minimum Gasteiger partial charge on any atom is -0.495 e. The maximum atomic E-state index is 10.9. The highest BCUT2D eigenvalue weighted by Gasteiger charge is 2.18. The van der Waals surface area contributed by atoms with Crippen molar-refractivity contribution in [3.8, 4) is 5.75 Å². The minimum absolute atomic E-state index is 0.498. The number of hydrogen-bond donors (Lipinski definition) is 1. The van der Waals surface area contributed by atoms with Crippen LogP contribution in [0.25, 0.3) is 0 Å². The SMILES string of the molecule is COc1ccc(C)cc1N1CC=C(C(=O)O)CC1. The van der Waals surface area contributed by atoms with Crippen molar-refractivity contribution in [1.29, 1.82) is 0 Å². The highest BCUT2D eigenvalue weighted by atomic mass is 16.5. The minimum atomic E-state index is -0.814. The van der Waals surface area contributed by atoms with Gasteiger partial charge in [0.2, 0.25) is 0 Å². The molecule has 1 aromatic carbocycles. The quantitative estimate of drug-likeness (QED) is 0.889. The third-order valence-corrected chi connectivity index (χ3v) is 3.16. The molecular weight excluding hydrogens is 230 g/mol. The Morgan fingerprint density at radius 3 is 2.78 bits per heavy atom. The van der Waals surface area contributed by atoms with E-state index in [2.05, 4.69) is 11.0 Å². The number of nitrogens with zero attached hydrogens (tertiary/aromatic N) is 1. The smallest absolute Gasteiger partial charge is 0.331 e. The van der Waals surface area contributed by atoms with Crippen LogP contribution in [0, 0.1) is 6.92 Å². The van der Waals surface area contributed by atoms with Gasteiger partial charge in [0, 0.05) is 18.7 Å². The number of ether oxygens (including phenoxy) is 1. The number of aliphatic carboxylic acids is 1. The Balaban J connectivity index is 2.24. The van der Waals surface area contributed by atoms with Crippen molar-refractivity contribution in [3.05, 3.63) is 35.4 Å². The molecule has 18 heavy (non-hydrogen) atoms. The molecule has 0 aliphatic carbocycles. The van der Waals surface area contributed by atoms with Gasteiger partial charge in [-0.2, -0.15) is 0 Å². The molecule has 0 radical (unpaired) electrons. The van der Waals surface area contributed by atoms with Gasteiger partial charge in [0.15, 0.2) is 0 Å². The van der Waals surface area contributed by atoms with E-state index >= 15 is 0 Å². The molecule has 0 atom stereocenters. The van der Waals surface area contributed by atoms with Gasteiger partial charge in [0.05, 0.1) is 12.8 Å². The van der Waals surface area contributed by atoms with Crippen LogP contribution in [-0.4, -0.2) is 31.3 Å². The lowest BCUT2D eigenvalue weighted by Crippen LogP contribution is -2.30. The standard InChI is InChI=1S/C14H17NO3/c1-10-3-4-13(18-2)12(9-10)15-7-5-11(6-8-15)14(16)17/h3-5,9H,6-8H2,1-2H3,(H,16,17). The predicted molar refractivity (Wildman–Crippen MR) is 70.3 cm³/mol. The van der Waals surface area contributed by atoms with E-state index in [-0.39, 0.29) is 0 Å².